The van der Waals surface area contributed by atoms with E-state index in [2.05, 4.69) is 31.3 Å². The number of pyridine rings is 1. The second-order valence-corrected chi connectivity index (χ2v) is 8.02. The number of thiophene rings is 1. The molecule has 0 saturated carbocycles. The maximum Gasteiger partial charge on any atom is 0.271 e. The highest BCUT2D eigenvalue weighted by Gasteiger charge is 2.34. The lowest BCUT2D eigenvalue weighted by Crippen LogP contribution is -2.51. The lowest BCUT2D eigenvalue weighted by Gasteiger charge is -2.15. The highest BCUT2D eigenvalue weighted by atomic mass is 32.1. The summed E-state index contributed by atoms with van der Waals surface area (Å²) in [5, 5.41) is 5.09. The summed E-state index contributed by atoms with van der Waals surface area (Å²) < 4.78 is 7.25. The zero-order valence-corrected chi connectivity index (χ0v) is 17.8. The van der Waals surface area contributed by atoms with Crippen molar-refractivity contribution in [2.24, 2.45) is 0 Å². The Bertz CT molecular complexity index is 883. The molecule has 1 N–H and O–H groups in total. The minimum atomic E-state index is -0.584. The zero-order chi connectivity index (χ0) is 19.9. The molecule has 0 radical (unpaired) electrons. The maximum absolute atomic E-state index is 13.2. The van der Waals surface area contributed by atoms with E-state index in [4.69, 9.17) is 16.6 Å². The van der Waals surface area contributed by atoms with E-state index in [1.165, 1.54) is 16.9 Å². The molecule has 146 valence electrons. The van der Waals surface area contributed by atoms with Gasteiger partial charge in [0.05, 0.1) is 17.7 Å². The monoisotopic (exact) mass is 413 g/mol. The molecular weight excluding hydrogens is 388 g/mol. The van der Waals surface area contributed by atoms with E-state index in [1.807, 2.05) is 46.6 Å². The van der Waals surface area contributed by atoms with Crippen molar-refractivity contribution in [2.75, 3.05) is 0 Å². The molecule has 0 spiro atoms. The molecule has 0 aromatic carbocycles. The lowest BCUT2D eigenvalue weighted by atomic mass is 9.95. The van der Waals surface area contributed by atoms with Crippen molar-refractivity contribution >= 4 is 34.3 Å². The van der Waals surface area contributed by atoms with Crippen molar-refractivity contribution in [3.8, 4) is 0 Å². The van der Waals surface area contributed by atoms with Crippen molar-refractivity contribution in [3.63, 3.8) is 0 Å². The van der Waals surface area contributed by atoms with Gasteiger partial charge >= 0.3 is 0 Å². The zero-order valence-electron chi connectivity index (χ0n) is 16.1. The van der Waals surface area contributed by atoms with E-state index < -0.39 is 6.04 Å². The van der Waals surface area contributed by atoms with E-state index in [0.29, 0.717) is 22.3 Å². The number of thiocarbonyl (C=S) groups is 1. The first kappa shape index (κ1) is 20.4. The van der Waals surface area contributed by atoms with Crippen LogP contribution in [-0.4, -0.2) is 10.8 Å². The van der Waals surface area contributed by atoms with Crippen LogP contribution in [0.5, 0.6) is 0 Å². The van der Waals surface area contributed by atoms with Gasteiger partial charge in [-0.05, 0) is 47.9 Å². The first-order valence-corrected chi connectivity index (χ1v) is 10.8. The van der Waals surface area contributed by atoms with Gasteiger partial charge in [-0.25, -0.2) is 0 Å². The van der Waals surface area contributed by atoms with Gasteiger partial charge in [0.1, 0.15) is 5.76 Å². The molecule has 6 heteroatoms. The maximum atomic E-state index is 13.2. The van der Waals surface area contributed by atoms with Gasteiger partial charge in [-0.2, -0.15) is 4.57 Å². The number of hydrogen-bond acceptors (Lipinski definition) is 4. The van der Waals surface area contributed by atoms with Gasteiger partial charge in [0, 0.05) is 12.1 Å². The van der Waals surface area contributed by atoms with Crippen molar-refractivity contribution in [3.05, 3.63) is 76.6 Å². The number of rotatable bonds is 9. The van der Waals surface area contributed by atoms with E-state index in [-0.39, 0.29) is 5.78 Å². The predicted molar refractivity (Wildman–Crippen MR) is 116 cm³/mol. The topological polar surface area (TPSA) is 46.1 Å². The summed E-state index contributed by atoms with van der Waals surface area (Å²) in [7, 11) is 0. The molecule has 0 amide bonds. The summed E-state index contributed by atoms with van der Waals surface area (Å²) >= 11 is 7.05. The first-order chi connectivity index (χ1) is 13.6. The highest BCUT2D eigenvalue weighted by Crippen LogP contribution is 2.22. The molecule has 0 saturated heterocycles. The molecule has 3 aromatic rings. The van der Waals surface area contributed by atoms with E-state index >= 15 is 0 Å². The molecule has 3 aromatic heterocycles. The number of carbonyl (C=O) groups is 1. The average Bonchev–Trinajstić information content (AvgIpc) is 3.43. The smallest absolute Gasteiger partial charge is 0.271 e. The molecule has 3 heterocycles. The Balaban J connectivity index is 1.85. The van der Waals surface area contributed by atoms with Gasteiger partial charge in [-0.1, -0.05) is 32.1 Å². The SMILES string of the molecule is CCC(CC)c1cc[n+]([C@@H](C(=O)c2cccs2)C(=S)NCc2ccco2)cc1. The number of nitrogens with one attached hydrogen (secondary N) is 1. The molecule has 4 nitrogen and oxygen atoms in total. The van der Waals surface area contributed by atoms with E-state index in [0.717, 1.165) is 18.6 Å². The number of nitrogens with zero attached hydrogens (tertiary/aromatic N) is 1. The molecule has 0 aliphatic heterocycles. The number of Topliss-reactive ketones (excluding diaryl/α,β-unsaturated/α-hetero) is 1. The summed E-state index contributed by atoms with van der Waals surface area (Å²) in [6.45, 7) is 4.85. The largest absolute Gasteiger partial charge is 0.467 e. The van der Waals surface area contributed by atoms with Crippen LogP contribution in [0.25, 0.3) is 0 Å². The van der Waals surface area contributed by atoms with Crippen LogP contribution >= 0.6 is 23.6 Å². The standard InChI is InChI=1S/C22H24N2O2S2/c1-3-16(4-2)17-9-11-24(12-10-17)20(21(25)19-8-6-14-28-19)22(27)23-15-18-7-5-13-26-18/h5-14,16,20H,3-4,15H2,1-2H3/p+1/t20-/m0/s1. The van der Waals surface area contributed by atoms with Crippen LogP contribution in [-0.2, 0) is 6.54 Å². The molecule has 0 fully saturated rings. The average molecular weight is 414 g/mol. The quantitative estimate of drug-likeness (QED) is 0.302. The molecule has 0 unspecified atom stereocenters. The minimum absolute atomic E-state index is 0.00720. The first-order valence-electron chi connectivity index (χ1n) is 9.52. The summed E-state index contributed by atoms with van der Waals surface area (Å²) in [5.41, 5.74) is 1.29. The third-order valence-corrected chi connectivity index (χ3v) is 6.16. The Kier molecular flexibility index (Phi) is 7.12. The van der Waals surface area contributed by atoms with Crippen LogP contribution in [0, 0.1) is 0 Å². The van der Waals surface area contributed by atoms with Crippen molar-refractivity contribution in [2.45, 2.75) is 45.2 Å². The van der Waals surface area contributed by atoms with Gasteiger partial charge in [-0.3, -0.25) is 4.79 Å². The van der Waals surface area contributed by atoms with Crippen molar-refractivity contribution in [1.82, 2.24) is 5.32 Å². The van der Waals surface area contributed by atoms with E-state index in [9.17, 15) is 4.79 Å². The number of ketones is 1. The normalized spacial score (nSPS) is 12.1. The number of carbonyl (C=O) groups excluding carboxylic acids is 1. The minimum Gasteiger partial charge on any atom is -0.467 e. The fraction of sp³-hybridized carbons (Fsp3) is 0.318. The third-order valence-electron chi connectivity index (χ3n) is 4.91. The predicted octanol–water partition coefficient (Wildman–Crippen LogP) is 5.07. The lowest BCUT2D eigenvalue weighted by molar-refractivity contribution is -0.692. The van der Waals surface area contributed by atoms with Crippen LogP contribution < -0.4 is 9.88 Å². The van der Waals surface area contributed by atoms with Gasteiger partial charge in [0.15, 0.2) is 17.4 Å². The van der Waals surface area contributed by atoms with Crippen LogP contribution in [0.3, 0.4) is 0 Å². The van der Waals surface area contributed by atoms with E-state index in [1.54, 1.807) is 6.26 Å². The second-order valence-electron chi connectivity index (χ2n) is 6.63. The Morgan fingerprint density at radius 1 is 1.18 bits per heavy atom. The summed E-state index contributed by atoms with van der Waals surface area (Å²) in [5.74, 6) is 1.30. The molecule has 1 atom stereocenters. The fourth-order valence-electron chi connectivity index (χ4n) is 3.28. The molecule has 28 heavy (non-hydrogen) atoms. The van der Waals surface area contributed by atoms with Crippen LogP contribution in [0.2, 0.25) is 0 Å². The number of hydrogen-bond donors (Lipinski definition) is 1. The van der Waals surface area contributed by atoms with Gasteiger partial charge < -0.3 is 9.73 Å². The van der Waals surface area contributed by atoms with Crippen LogP contribution in [0.4, 0.5) is 0 Å². The summed E-state index contributed by atoms with van der Waals surface area (Å²) in [6.07, 6.45) is 7.75. The molecule has 0 aliphatic rings. The Morgan fingerprint density at radius 2 is 1.93 bits per heavy atom. The second kappa shape index (κ2) is 9.75. The Morgan fingerprint density at radius 3 is 2.50 bits per heavy atom. The number of furan rings is 1. The third kappa shape index (κ3) is 4.75. The Hall–Kier alpha value is -2.31. The molecule has 0 aliphatic carbocycles. The van der Waals surface area contributed by atoms with Gasteiger partial charge in [-0.15, -0.1) is 11.3 Å². The van der Waals surface area contributed by atoms with Crippen molar-refractivity contribution in [1.29, 1.82) is 0 Å². The van der Waals surface area contributed by atoms with Gasteiger partial charge in [0.25, 0.3) is 6.04 Å². The van der Waals surface area contributed by atoms with Gasteiger partial charge in [0.2, 0.25) is 5.78 Å². The summed E-state index contributed by atoms with van der Waals surface area (Å²) in [4.78, 5) is 14.4. The number of aromatic nitrogens is 1. The van der Waals surface area contributed by atoms with Crippen LogP contribution in [0.1, 0.15) is 59.6 Å². The Labute approximate surface area is 175 Å². The van der Waals surface area contributed by atoms with Crippen LogP contribution in [0.15, 0.2) is 64.9 Å². The highest BCUT2D eigenvalue weighted by molar-refractivity contribution is 7.80. The summed E-state index contributed by atoms with van der Waals surface area (Å²) in [6, 6.07) is 11.1. The molecule has 0 bridgehead atoms. The van der Waals surface area contributed by atoms with Crippen molar-refractivity contribution < 1.29 is 13.8 Å². The molecular formula is C22H25N2O2S2+. The molecule has 3 rings (SSSR count). The fourth-order valence-corrected chi connectivity index (χ4v) is 4.27.